The second-order valence-electron chi connectivity index (χ2n) is 4.46. The van der Waals surface area contributed by atoms with E-state index in [4.69, 9.17) is 4.74 Å². The van der Waals surface area contributed by atoms with Crippen molar-refractivity contribution >= 4 is 58.7 Å². The van der Waals surface area contributed by atoms with Crippen molar-refractivity contribution in [1.29, 1.82) is 0 Å². The Balaban J connectivity index is 2.06. The molecule has 1 heterocycles. The number of alkyl halides is 1. The van der Waals surface area contributed by atoms with Crippen LogP contribution in [0, 0.1) is 0 Å². The standard InChI is InChI=1S/C16H10Br3NO/c17-9-11-7-10-3-1-2-4-14(10)20-16(11)21-15-6-5-12(18)8-13(15)19/h1-8H,9H2. The second kappa shape index (κ2) is 6.46. The van der Waals surface area contributed by atoms with Gasteiger partial charge in [-0.2, -0.15) is 0 Å². The number of pyridine rings is 1. The van der Waals surface area contributed by atoms with Crippen LogP contribution < -0.4 is 4.74 Å². The molecule has 0 fully saturated rings. The van der Waals surface area contributed by atoms with Crippen LogP contribution >= 0.6 is 47.8 Å². The molecule has 21 heavy (non-hydrogen) atoms. The molecular weight excluding hydrogens is 462 g/mol. The zero-order valence-corrected chi connectivity index (χ0v) is 15.6. The first-order chi connectivity index (χ1) is 10.2. The molecule has 0 saturated carbocycles. The fraction of sp³-hybridized carbons (Fsp3) is 0.0625. The van der Waals surface area contributed by atoms with Gasteiger partial charge in [-0.1, -0.05) is 50.1 Å². The Labute approximate surface area is 147 Å². The summed E-state index contributed by atoms with van der Waals surface area (Å²) in [6.07, 6.45) is 0. The highest BCUT2D eigenvalue weighted by atomic mass is 79.9. The summed E-state index contributed by atoms with van der Waals surface area (Å²) < 4.78 is 7.86. The van der Waals surface area contributed by atoms with Crippen LogP contribution in [0.5, 0.6) is 11.6 Å². The lowest BCUT2D eigenvalue weighted by Crippen LogP contribution is -1.94. The number of hydrogen-bond acceptors (Lipinski definition) is 2. The van der Waals surface area contributed by atoms with Crippen molar-refractivity contribution < 1.29 is 4.74 Å². The summed E-state index contributed by atoms with van der Waals surface area (Å²) in [5.74, 6) is 1.36. The van der Waals surface area contributed by atoms with Crippen molar-refractivity contribution in [3.63, 3.8) is 0 Å². The van der Waals surface area contributed by atoms with E-state index in [0.29, 0.717) is 11.2 Å². The topological polar surface area (TPSA) is 22.1 Å². The van der Waals surface area contributed by atoms with Gasteiger partial charge in [-0.15, -0.1) is 0 Å². The van der Waals surface area contributed by atoms with Gasteiger partial charge in [-0.3, -0.25) is 0 Å². The van der Waals surface area contributed by atoms with Crippen LogP contribution in [-0.4, -0.2) is 4.98 Å². The molecule has 0 unspecified atom stereocenters. The third-order valence-corrected chi connectivity index (χ3v) is 4.72. The zero-order chi connectivity index (χ0) is 14.8. The van der Waals surface area contributed by atoms with Crippen LogP contribution in [0.25, 0.3) is 10.9 Å². The predicted molar refractivity (Wildman–Crippen MR) is 96.3 cm³/mol. The Hall–Kier alpha value is -0.910. The van der Waals surface area contributed by atoms with Crippen molar-refractivity contribution in [2.45, 2.75) is 5.33 Å². The summed E-state index contributed by atoms with van der Waals surface area (Å²) in [5.41, 5.74) is 1.94. The van der Waals surface area contributed by atoms with Gasteiger partial charge >= 0.3 is 0 Å². The molecule has 106 valence electrons. The average Bonchev–Trinajstić information content (AvgIpc) is 2.49. The number of benzene rings is 2. The third-order valence-electron chi connectivity index (χ3n) is 3.01. The van der Waals surface area contributed by atoms with E-state index < -0.39 is 0 Å². The van der Waals surface area contributed by atoms with Crippen LogP contribution in [0.4, 0.5) is 0 Å². The predicted octanol–water partition coefficient (Wildman–Crippen LogP) is 6.45. The number of ether oxygens (including phenoxy) is 1. The third kappa shape index (κ3) is 3.30. The van der Waals surface area contributed by atoms with Crippen molar-refractivity contribution in [2.75, 3.05) is 0 Å². The summed E-state index contributed by atoms with van der Waals surface area (Å²) in [6, 6.07) is 15.9. The van der Waals surface area contributed by atoms with Crippen LogP contribution in [-0.2, 0) is 5.33 Å². The number of hydrogen-bond donors (Lipinski definition) is 0. The molecule has 0 saturated heterocycles. The molecule has 0 spiro atoms. The minimum atomic E-state index is 0.619. The lowest BCUT2D eigenvalue weighted by Gasteiger charge is -2.11. The summed E-state index contributed by atoms with van der Waals surface area (Å²) in [7, 11) is 0. The van der Waals surface area contributed by atoms with Gasteiger partial charge in [-0.25, -0.2) is 4.98 Å². The number of nitrogens with zero attached hydrogens (tertiary/aromatic N) is 1. The van der Waals surface area contributed by atoms with E-state index in [1.807, 2.05) is 42.5 Å². The number of aromatic nitrogens is 1. The SMILES string of the molecule is BrCc1cc2ccccc2nc1Oc1ccc(Br)cc1Br. The maximum Gasteiger partial charge on any atom is 0.223 e. The van der Waals surface area contributed by atoms with E-state index >= 15 is 0 Å². The molecule has 0 radical (unpaired) electrons. The molecule has 0 N–H and O–H groups in total. The van der Waals surface area contributed by atoms with E-state index in [9.17, 15) is 0 Å². The molecule has 0 atom stereocenters. The van der Waals surface area contributed by atoms with E-state index in [-0.39, 0.29) is 0 Å². The molecular formula is C16H10Br3NO. The summed E-state index contributed by atoms with van der Waals surface area (Å²) in [4.78, 5) is 4.62. The van der Waals surface area contributed by atoms with Gasteiger partial charge in [0.25, 0.3) is 0 Å². The van der Waals surface area contributed by atoms with Crippen molar-refractivity contribution in [2.24, 2.45) is 0 Å². The van der Waals surface area contributed by atoms with Gasteiger partial charge in [0.2, 0.25) is 5.88 Å². The number of rotatable bonds is 3. The molecule has 0 bridgehead atoms. The van der Waals surface area contributed by atoms with Crippen molar-refractivity contribution in [3.05, 3.63) is 63.0 Å². The fourth-order valence-corrected chi connectivity index (χ4v) is 3.52. The average molecular weight is 472 g/mol. The largest absolute Gasteiger partial charge is 0.438 e. The van der Waals surface area contributed by atoms with Crippen LogP contribution in [0.2, 0.25) is 0 Å². The normalized spacial score (nSPS) is 10.8. The monoisotopic (exact) mass is 469 g/mol. The van der Waals surface area contributed by atoms with E-state index in [0.717, 1.165) is 31.2 Å². The molecule has 2 aromatic carbocycles. The molecule has 3 aromatic rings. The molecule has 0 aliphatic heterocycles. The first kappa shape index (κ1) is 15.0. The quantitative estimate of drug-likeness (QED) is 0.410. The summed E-state index contributed by atoms with van der Waals surface area (Å²) >= 11 is 10.4. The Morgan fingerprint density at radius 2 is 1.81 bits per heavy atom. The Bertz CT molecular complexity index is 805. The smallest absolute Gasteiger partial charge is 0.223 e. The van der Waals surface area contributed by atoms with Gasteiger partial charge in [0.05, 0.1) is 9.99 Å². The Kier molecular flexibility index (Phi) is 4.62. The molecule has 2 nitrogen and oxygen atoms in total. The molecule has 0 aliphatic rings. The summed E-state index contributed by atoms with van der Waals surface area (Å²) in [6.45, 7) is 0. The van der Waals surface area contributed by atoms with Gasteiger partial charge in [0.1, 0.15) is 5.75 Å². The van der Waals surface area contributed by atoms with Crippen LogP contribution in [0.1, 0.15) is 5.56 Å². The van der Waals surface area contributed by atoms with Crippen molar-refractivity contribution in [1.82, 2.24) is 4.98 Å². The highest BCUT2D eigenvalue weighted by Gasteiger charge is 2.10. The molecule has 1 aromatic heterocycles. The first-order valence-electron chi connectivity index (χ1n) is 6.25. The minimum Gasteiger partial charge on any atom is -0.438 e. The van der Waals surface area contributed by atoms with Gasteiger partial charge in [0.15, 0.2) is 0 Å². The van der Waals surface area contributed by atoms with Crippen LogP contribution in [0.3, 0.4) is 0 Å². The lowest BCUT2D eigenvalue weighted by molar-refractivity contribution is 0.458. The van der Waals surface area contributed by atoms with Crippen LogP contribution in [0.15, 0.2) is 57.5 Å². The maximum atomic E-state index is 5.99. The number of halogens is 3. The Morgan fingerprint density at radius 1 is 1.00 bits per heavy atom. The zero-order valence-electron chi connectivity index (χ0n) is 10.8. The van der Waals surface area contributed by atoms with Crippen molar-refractivity contribution in [3.8, 4) is 11.6 Å². The molecule has 0 aliphatic carbocycles. The Morgan fingerprint density at radius 3 is 2.57 bits per heavy atom. The van der Waals surface area contributed by atoms with E-state index in [1.165, 1.54) is 0 Å². The highest BCUT2D eigenvalue weighted by molar-refractivity contribution is 9.11. The molecule has 5 heteroatoms. The molecule has 3 rings (SSSR count). The lowest BCUT2D eigenvalue weighted by atomic mass is 10.2. The molecule has 0 amide bonds. The maximum absolute atomic E-state index is 5.99. The van der Waals surface area contributed by atoms with Gasteiger partial charge in [0, 0.05) is 20.8 Å². The minimum absolute atomic E-state index is 0.619. The van der Waals surface area contributed by atoms with E-state index in [2.05, 4.69) is 58.8 Å². The van der Waals surface area contributed by atoms with E-state index in [1.54, 1.807) is 0 Å². The fourth-order valence-electron chi connectivity index (χ4n) is 1.99. The summed E-state index contributed by atoms with van der Waals surface area (Å²) in [5, 5.41) is 1.79. The number of para-hydroxylation sites is 1. The number of fused-ring (bicyclic) bond motifs is 1. The second-order valence-corrected chi connectivity index (χ2v) is 6.79. The first-order valence-corrected chi connectivity index (χ1v) is 8.95. The highest BCUT2D eigenvalue weighted by Crippen LogP contribution is 2.34. The van der Waals surface area contributed by atoms with Gasteiger partial charge in [-0.05, 0) is 46.3 Å². The van der Waals surface area contributed by atoms with Gasteiger partial charge < -0.3 is 4.74 Å².